The Bertz CT molecular complexity index is 676. The van der Waals surface area contributed by atoms with Gasteiger partial charge in [-0.2, -0.15) is 0 Å². The summed E-state index contributed by atoms with van der Waals surface area (Å²) >= 11 is 0. The van der Waals surface area contributed by atoms with E-state index in [1.807, 2.05) is 55.5 Å². The number of carbonyl (C=O) groups is 1. The molecule has 0 saturated carbocycles. The van der Waals surface area contributed by atoms with Gasteiger partial charge in [-0.3, -0.25) is 4.79 Å². The van der Waals surface area contributed by atoms with Crippen LogP contribution in [0.5, 0.6) is 0 Å². The Morgan fingerprint density at radius 3 is 2.00 bits per heavy atom. The standard InChI is InChI=1S/C18H17NO2/c1-13-2-4-14(5-3-13)6-7-15-8-10-16(11-9-15)12-17(19)18(20)21/h2-5,8-11,17H,12,19H2,1H3,(H,20,21)/t17-/m0/s1. The molecule has 2 aromatic carbocycles. The highest BCUT2D eigenvalue weighted by Crippen LogP contribution is 2.07. The predicted molar refractivity (Wildman–Crippen MR) is 82.9 cm³/mol. The van der Waals surface area contributed by atoms with Crippen LogP contribution < -0.4 is 5.73 Å². The van der Waals surface area contributed by atoms with Crippen molar-refractivity contribution in [2.75, 3.05) is 0 Å². The highest BCUT2D eigenvalue weighted by atomic mass is 16.4. The molecule has 0 heterocycles. The maximum atomic E-state index is 10.7. The minimum Gasteiger partial charge on any atom is -0.480 e. The van der Waals surface area contributed by atoms with Crippen LogP contribution >= 0.6 is 0 Å². The van der Waals surface area contributed by atoms with Crippen molar-refractivity contribution in [3.05, 3.63) is 70.8 Å². The van der Waals surface area contributed by atoms with Crippen LogP contribution in [0.3, 0.4) is 0 Å². The normalized spacial score (nSPS) is 11.3. The molecular formula is C18H17NO2. The average Bonchev–Trinajstić information content (AvgIpc) is 2.48. The first kappa shape index (κ1) is 14.8. The summed E-state index contributed by atoms with van der Waals surface area (Å²) in [5.41, 5.74) is 9.47. The number of carboxylic acids is 1. The van der Waals surface area contributed by atoms with Crippen molar-refractivity contribution in [1.82, 2.24) is 0 Å². The molecule has 0 spiro atoms. The van der Waals surface area contributed by atoms with Crippen LogP contribution in [0, 0.1) is 18.8 Å². The largest absolute Gasteiger partial charge is 0.480 e. The molecule has 3 heteroatoms. The summed E-state index contributed by atoms with van der Waals surface area (Å²) in [5.74, 6) is 5.20. The lowest BCUT2D eigenvalue weighted by Crippen LogP contribution is -2.32. The van der Waals surface area contributed by atoms with Crippen LogP contribution in [0.15, 0.2) is 48.5 Å². The molecule has 0 unspecified atom stereocenters. The zero-order valence-electron chi connectivity index (χ0n) is 11.8. The van der Waals surface area contributed by atoms with E-state index in [1.54, 1.807) is 0 Å². The van der Waals surface area contributed by atoms with Gasteiger partial charge in [0.05, 0.1) is 0 Å². The van der Waals surface area contributed by atoms with Crippen molar-refractivity contribution in [3.8, 4) is 11.8 Å². The van der Waals surface area contributed by atoms with E-state index in [1.165, 1.54) is 5.56 Å². The van der Waals surface area contributed by atoms with E-state index in [9.17, 15) is 4.79 Å². The number of aryl methyl sites for hydroxylation is 1. The summed E-state index contributed by atoms with van der Waals surface area (Å²) in [6.07, 6.45) is 0.320. The van der Waals surface area contributed by atoms with E-state index in [4.69, 9.17) is 10.8 Å². The van der Waals surface area contributed by atoms with E-state index in [-0.39, 0.29) is 0 Å². The second kappa shape index (κ2) is 6.74. The third kappa shape index (κ3) is 4.48. The van der Waals surface area contributed by atoms with Crippen LogP contribution in [-0.4, -0.2) is 17.1 Å². The van der Waals surface area contributed by atoms with Gasteiger partial charge < -0.3 is 10.8 Å². The Hall–Kier alpha value is -2.57. The third-order valence-corrected chi connectivity index (χ3v) is 3.13. The lowest BCUT2D eigenvalue weighted by Gasteiger charge is -2.05. The summed E-state index contributed by atoms with van der Waals surface area (Å²) in [6.45, 7) is 2.04. The van der Waals surface area contributed by atoms with Gasteiger partial charge in [0.15, 0.2) is 0 Å². The monoisotopic (exact) mass is 279 g/mol. The van der Waals surface area contributed by atoms with Gasteiger partial charge in [0.2, 0.25) is 0 Å². The second-order valence-corrected chi connectivity index (χ2v) is 4.96. The van der Waals surface area contributed by atoms with Gasteiger partial charge in [-0.15, -0.1) is 0 Å². The van der Waals surface area contributed by atoms with E-state index >= 15 is 0 Å². The number of benzene rings is 2. The molecule has 3 nitrogen and oxygen atoms in total. The van der Waals surface area contributed by atoms with Crippen molar-refractivity contribution < 1.29 is 9.90 Å². The van der Waals surface area contributed by atoms with Crippen LogP contribution in [0.1, 0.15) is 22.3 Å². The fourth-order valence-corrected chi connectivity index (χ4v) is 1.85. The number of aliphatic carboxylic acids is 1. The number of hydrogen-bond acceptors (Lipinski definition) is 2. The molecule has 1 atom stereocenters. The third-order valence-electron chi connectivity index (χ3n) is 3.13. The molecule has 0 aromatic heterocycles. The molecular weight excluding hydrogens is 262 g/mol. The van der Waals surface area contributed by atoms with Gasteiger partial charge in [-0.05, 0) is 43.2 Å². The molecule has 0 aliphatic heterocycles. The first-order chi connectivity index (χ1) is 10.0. The number of rotatable bonds is 3. The summed E-state index contributed by atoms with van der Waals surface area (Å²) in [4.78, 5) is 10.7. The zero-order chi connectivity index (χ0) is 15.2. The Morgan fingerprint density at radius 1 is 1.05 bits per heavy atom. The molecule has 0 aliphatic rings. The number of nitrogens with two attached hydrogens (primary N) is 1. The van der Waals surface area contributed by atoms with E-state index in [0.29, 0.717) is 6.42 Å². The van der Waals surface area contributed by atoms with E-state index in [2.05, 4.69) is 11.8 Å². The maximum absolute atomic E-state index is 10.7. The quantitative estimate of drug-likeness (QED) is 0.848. The topological polar surface area (TPSA) is 63.3 Å². The SMILES string of the molecule is Cc1ccc(C#Cc2ccc(C[C@H](N)C(=O)O)cc2)cc1. The van der Waals surface area contributed by atoms with Crippen molar-refractivity contribution in [3.63, 3.8) is 0 Å². The van der Waals surface area contributed by atoms with E-state index < -0.39 is 12.0 Å². The fraction of sp³-hybridized carbons (Fsp3) is 0.167. The Morgan fingerprint density at radius 2 is 1.52 bits per heavy atom. The second-order valence-electron chi connectivity index (χ2n) is 4.96. The fourth-order valence-electron chi connectivity index (χ4n) is 1.85. The number of hydrogen-bond donors (Lipinski definition) is 2. The molecule has 0 bridgehead atoms. The Labute approximate surface area is 124 Å². The van der Waals surface area contributed by atoms with Crippen LogP contribution in [0.4, 0.5) is 0 Å². The van der Waals surface area contributed by atoms with Crippen LogP contribution in [-0.2, 0) is 11.2 Å². The Balaban J connectivity index is 2.06. The van der Waals surface area contributed by atoms with Gasteiger partial charge in [0.25, 0.3) is 0 Å². The van der Waals surface area contributed by atoms with Crippen LogP contribution in [0.25, 0.3) is 0 Å². The van der Waals surface area contributed by atoms with Crippen molar-refractivity contribution in [1.29, 1.82) is 0 Å². The zero-order valence-corrected chi connectivity index (χ0v) is 11.8. The average molecular weight is 279 g/mol. The van der Waals surface area contributed by atoms with Crippen molar-refractivity contribution >= 4 is 5.97 Å². The van der Waals surface area contributed by atoms with Gasteiger partial charge in [-0.25, -0.2) is 0 Å². The molecule has 0 fully saturated rings. The van der Waals surface area contributed by atoms with Crippen molar-refractivity contribution in [2.24, 2.45) is 5.73 Å². The summed E-state index contributed by atoms with van der Waals surface area (Å²) in [5, 5.41) is 8.78. The maximum Gasteiger partial charge on any atom is 0.320 e. The molecule has 2 aromatic rings. The predicted octanol–water partition coefficient (Wildman–Crippen LogP) is 2.35. The highest BCUT2D eigenvalue weighted by molar-refractivity contribution is 5.73. The minimum atomic E-state index is -0.988. The molecule has 2 rings (SSSR count). The van der Waals surface area contributed by atoms with Gasteiger partial charge >= 0.3 is 5.97 Å². The first-order valence-electron chi connectivity index (χ1n) is 6.70. The molecule has 21 heavy (non-hydrogen) atoms. The lowest BCUT2D eigenvalue weighted by atomic mass is 10.0. The summed E-state index contributed by atoms with van der Waals surface area (Å²) in [6, 6.07) is 14.7. The highest BCUT2D eigenvalue weighted by Gasteiger charge is 2.11. The smallest absolute Gasteiger partial charge is 0.320 e. The summed E-state index contributed by atoms with van der Waals surface area (Å²) in [7, 11) is 0. The van der Waals surface area contributed by atoms with Gasteiger partial charge in [-0.1, -0.05) is 41.7 Å². The first-order valence-corrected chi connectivity index (χ1v) is 6.70. The van der Waals surface area contributed by atoms with Gasteiger partial charge in [0.1, 0.15) is 6.04 Å². The Kier molecular flexibility index (Phi) is 4.76. The minimum absolute atomic E-state index is 0.320. The number of carboxylic acid groups (broad SMARTS) is 1. The van der Waals surface area contributed by atoms with Crippen LogP contribution in [0.2, 0.25) is 0 Å². The molecule has 106 valence electrons. The lowest BCUT2D eigenvalue weighted by molar-refractivity contribution is -0.138. The molecule has 0 aliphatic carbocycles. The molecule has 0 saturated heterocycles. The summed E-state index contributed by atoms with van der Waals surface area (Å²) < 4.78 is 0. The van der Waals surface area contributed by atoms with Crippen molar-refractivity contribution in [2.45, 2.75) is 19.4 Å². The van der Waals surface area contributed by atoms with Gasteiger partial charge in [0, 0.05) is 11.1 Å². The molecule has 0 radical (unpaired) electrons. The van der Waals surface area contributed by atoms with E-state index in [0.717, 1.165) is 16.7 Å². The molecule has 3 N–H and O–H groups in total. The molecule has 0 amide bonds.